The van der Waals surface area contributed by atoms with E-state index in [9.17, 15) is 0 Å². The molecule has 5 heteroatoms. The molecule has 1 rings (SSSR count). The van der Waals surface area contributed by atoms with Crippen molar-refractivity contribution in [3.63, 3.8) is 0 Å². The first kappa shape index (κ1) is 14.1. The largest absolute Gasteiger partial charge is 0.383 e. The molecule has 16 heavy (non-hydrogen) atoms. The quantitative estimate of drug-likeness (QED) is 0.854. The van der Waals surface area contributed by atoms with Crippen molar-refractivity contribution in [2.45, 2.75) is 25.9 Å². The van der Waals surface area contributed by atoms with Gasteiger partial charge in [0.2, 0.25) is 0 Å². The van der Waals surface area contributed by atoms with E-state index >= 15 is 0 Å². The molecule has 0 aliphatic heterocycles. The van der Waals surface area contributed by atoms with Crippen molar-refractivity contribution in [3.8, 4) is 0 Å². The molecule has 0 aromatic carbocycles. The summed E-state index contributed by atoms with van der Waals surface area (Å²) in [6.07, 6.45) is 2.85. The highest BCUT2D eigenvalue weighted by Crippen LogP contribution is 2.19. The lowest BCUT2D eigenvalue weighted by Gasteiger charge is -2.16. The van der Waals surface area contributed by atoms with E-state index in [1.807, 2.05) is 6.07 Å². The molecule has 0 aliphatic rings. The molecule has 0 amide bonds. The molecule has 3 nitrogen and oxygen atoms in total. The molecule has 1 N–H and O–H groups in total. The summed E-state index contributed by atoms with van der Waals surface area (Å²) >= 11 is 6.88. The van der Waals surface area contributed by atoms with Gasteiger partial charge >= 0.3 is 0 Å². The van der Waals surface area contributed by atoms with Gasteiger partial charge in [0.1, 0.15) is 0 Å². The number of aromatic nitrogens is 1. The number of halogens is 2. The van der Waals surface area contributed by atoms with Crippen molar-refractivity contribution in [2.24, 2.45) is 0 Å². The van der Waals surface area contributed by atoms with Crippen LogP contribution in [0.2, 0.25) is 0 Å². The van der Waals surface area contributed by atoms with Gasteiger partial charge in [-0.05, 0) is 44.3 Å². The maximum absolute atomic E-state index is 5.13. The Morgan fingerprint density at radius 1 is 1.50 bits per heavy atom. The molecule has 0 fully saturated rings. The van der Waals surface area contributed by atoms with Gasteiger partial charge in [-0.1, -0.05) is 6.92 Å². The fraction of sp³-hybridized carbons (Fsp3) is 0.545. The van der Waals surface area contributed by atoms with Crippen molar-refractivity contribution < 1.29 is 4.74 Å². The highest BCUT2D eigenvalue weighted by molar-refractivity contribution is 9.11. The Kier molecular flexibility index (Phi) is 6.49. The molecule has 1 atom stereocenters. The number of hydrogen-bond acceptors (Lipinski definition) is 3. The van der Waals surface area contributed by atoms with Gasteiger partial charge in [0.05, 0.1) is 12.3 Å². The molecule has 1 aromatic heterocycles. The van der Waals surface area contributed by atoms with Gasteiger partial charge < -0.3 is 10.1 Å². The summed E-state index contributed by atoms with van der Waals surface area (Å²) in [7, 11) is 1.72. The second kappa shape index (κ2) is 7.37. The molecule has 90 valence electrons. The third-order valence-corrected chi connectivity index (χ3v) is 3.42. The first-order valence-electron chi connectivity index (χ1n) is 5.19. The van der Waals surface area contributed by atoms with Gasteiger partial charge in [0.25, 0.3) is 0 Å². The van der Waals surface area contributed by atoms with Gasteiger partial charge in [0.15, 0.2) is 0 Å². The number of ether oxygens (including phenoxy) is 1. The molecular weight excluding hydrogens is 336 g/mol. The van der Waals surface area contributed by atoms with E-state index in [0.717, 1.165) is 34.2 Å². The Labute approximate surface area is 113 Å². The van der Waals surface area contributed by atoms with Crippen LogP contribution in [0.5, 0.6) is 0 Å². The molecule has 1 heterocycles. The zero-order chi connectivity index (χ0) is 12.0. The van der Waals surface area contributed by atoms with Crippen LogP contribution in [-0.2, 0) is 11.3 Å². The molecule has 0 bridgehead atoms. The van der Waals surface area contributed by atoms with Gasteiger partial charge in [-0.25, -0.2) is 0 Å². The third kappa shape index (κ3) is 4.49. The standard InChI is InChI=1S/C11H16Br2N2O/c1-3-9(7-16-2)14-6-11-10(13)4-8(12)5-15-11/h4-5,9,14H,3,6-7H2,1-2H3. The number of nitrogens with zero attached hydrogens (tertiary/aromatic N) is 1. The number of methoxy groups -OCH3 is 1. The van der Waals surface area contributed by atoms with Crippen LogP contribution in [0.15, 0.2) is 21.2 Å². The lowest BCUT2D eigenvalue weighted by molar-refractivity contribution is 0.163. The van der Waals surface area contributed by atoms with E-state index in [4.69, 9.17) is 4.74 Å². The second-order valence-electron chi connectivity index (χ2n) is 3.52. The Balaban J connectivity index is 2.53. The Morgan fingerprint density at radius 2 is 2.25 bits per heavy atom. The summed E-state index contributed by atoms with van der Waals surface area (Å²) in [5.74, 6) is 0. The highest BCUT2D eigenvalue weighted by atomic mass is 79.9. The van der Waals surface area contributed by atoms with E-state index in [1.54, 1.807) is 13.3 Å². The van der Waals surface area contributed by atoms with Crippen molar-refractivity contribution in [3.05, 3.63) is 26.9 Å². The van der Waals surface area contributed by atoms with Crippen LogP contribution >= 0.6 is 31.9 Å². The van der Waals surface area contributed by atoms with Crippen LogP contribution in [0.1, 0.15) is 19.0 Å². The zero-order valence-corrected chi connectivity index (χ0v) is 12.6. The molecule has 0 saturated carbocycles. The number of pyridine rings is 1. The van der Waals surface area contributed by atoms with Gasteiger partial charge in [0, 0.05) is 34.8 Å². The van der Waals surface area contributed by atoms with E-state index in [0.29, 0.717) is 6.04 Å². The van der Waals surface area contributed by atoms with Crippen molar-refractivity contribution in [2.75, 3.05) is 13.7 Å². The molecular formula is C11H16Br2N2O. The second-order valence-corrected chi connectivity index (χ2v) is 5.29. The lowest BCUT2D eigenvalue weighted by Crippen LogP contribution is -2.32. The summed E-state index contributed by atoms with van der Waals surface area (Å²) in [5, 5.41) is 3.41. The summed E-state index contributed by atoms with van der Waals surface area (Å²) in [6, 6.07) is 2.38. The number of rotatable bonds is 6. The van der Waals surface area contributed by atoms with E-state index in [1.165, 1.54) is 0 Å². The Bertz CT molecular complexity index is 334. The van der Waals surface area contributed by atoms with E-state index < -0.39 is 0 Å². The van der Waals surface area contributed by atoms with Crippen LogP contribution in [0.4, 0.5) is 0 Å². The molecule has 0 radical (unpaired) electrons. The van der Waals surface area contributed by atoms with Gasteiger partial charge in [-0.3, -0.25) is 4.98 Å². The summed E-state index contributed by atoms with van der Waals surface area (Å²) < 4.78 is 7.12. The van der Waals surface area contributed by atoms with Crippen molar-refractivity contribution >= 4 is 31.9 Å². The molecule has 0 spiro atoms. The Hall–Kier alpha value is 0.0300. The minimum absolute atomic E-state index is 0.377. The van der Waals surface area contributed by atoms with Crippen LogP contribution in [-0.4, -0.2) is 24.7 Å². The summed E-state index contributed by atoms with van der Waals surface area (Å²) in [5.41, 5.74) is 1.01. The zero-order valence-electron chi connectivity index (χ0n) is 9.46. The number of nitrogens with one attached hydrogen (secondary N) is 1. The van der Waals surface area contributed by atoms with Gasteiger partial charge in [-0.2, -0.15) is 0 Å². The van der Waals surface area contributed by atoms with Crippen LogP contribution < -0.4 is 5.32 Å². The predicted octanol–water partition coefficient (Wildman–Crippen LogP) is 3.12. The lowest BCUT2D eigenvalue weighted by atomic mass is 10.2. The third-order valence-electron chi connectivity index (χ3n) is 2.30. The molecule has 1 unspecified atom stereocenters. The SMILES string of the molecule is CCC(COC)NCc1ncc(Br)cc1Br. The van der Waals surface area contributed by atoms with Crippen LogP contribution in [0, 0.1) is 0 Å². The van der Waals surface area contributed by atoms with Crippen LogP contribution in [0.25, 0.3) is 0 Å². The highest BCUT2D eigenvalue weighted by Gasteiger charge is 2.07. The fourth-order valence-corrected chi connectivity index (χ4v) is 2.46. The van der Waals surface area contributed by atoms with Crippen molar-refractivity contribution in [1.29, 1.82) is 0 Å². The predicted molar refractivity (Wildman–Crippen MR) is 72.4 cm³/mol. The minimum Gasteiger partial charge on any atom is -0.383 e. The minimum atomic E-state index is 0.377. The smallest absolute Gasteiger partial charge is 0.0684 e. The fourth-order valence-electron chi connectivity index (χ4n) is 1.34. The molecule has 0 saturated heterocycles. The van der Waals surface area contributed by atoms with Crippen LogP contribution in [0.3, 0.4) is 0 Å². The first-order valence-corrected chi connectivity index (χ1v) is 6.78. The normalized spacial score (nSPS) is 12.8. The Morgan fingerprint density at radius 3 is 2.81 bits per heavy atom. The average molecular weight is 352 g/mol. The monoisotopic (exact) mass is 350 g/mol. The summed E-state index contributed by atoms with van der Waals surface area (Å²) in [6.45, 7) is 3.61. The molecule has 1 aromatic rings. The topological polar surface area (TPSA) is 34.1 Å². The van der Waals surface area contributed by atoms with E-state index in [2.05, 4.69) is 49.1 Å². The number of hydrogen-bond donors (Lipinski definition) is 1. The van der Waals surface area contributed by atoms with Crippen molar-refractivity contribution in [1.82, 2.24) is 10.3 Å². The molecule has 0 aliphatic carbocycles. The first-order chi connectivity index (χ1) is 7.67. The summed E-state index contributed by atoms with van der Waals surface area (Å²) in [4.78, 5) is 4.35. The maximum atomic E-state index is 5.13. The van der Waals surface area contributed by atoms with E-state index in [-0.39, 0.29) is 0 Å². The maximum Gasteiger partial charge on any atom is 0.0684 e. The average Bonchev–Trinajstić information content (AvgIpc) is 2.26. The van der Waals surface area contributed by atoms with Gasteiger partial charge in [-0.15, -0.1) is 0 Å².